The molecule has 1 aromatic rings. The van der Waals surface area contributed by atoms with Crippen LogP contribution in [0.15, 0.2) is 18.3 Å². The predicted molar refractivity (Wildman–Crippen MR) is 43.8 cm³/mol. The molecule has 14 heavy (non-hydrogen) atoms. The Kier molecular flexibility index (Phi) is 2.69. The van der Waals surface area contributed by atoms with Gasteiger partial charge < -0.3 is 9.47 Å². The number of nitrogens with zero attached hydrogens (tertiary/aromatic N) is 1. The summed E-state index contributed by atoms with van der Waals surface area (Å²) in [5.74, 6) is 0. The Bertz CT molecular complexity index is 313. The van der Waals surface area contributed by atoms with E-state index >= 15 is 0 Å². The van der Waals surface area contributed by atoms with Gasteiger partial charge in [-0.2, -0.15) is 0 Å². The van der Waals surface area contributed by atoms with Gasteiger partial charge in [-0.15, -0.1) is 0 Å². The average Bonchev–Trinajstić information content (AvgIpc) is 2.71. The van der Waals surface area contributed by atoms with Crippen LogP contribution in [0.25, 0.3) is 0 Å². The van der Waals surface area contributed by atoms with Gasteiger partial charge in [0.25, 0.3) is 6.43 Å². The van der Waals surface area contributed by atoms with Crippen LogP contribution in [0.4, 0.5) is 8.78 Å². The average molecular weight is 201 g/mol. The molecule has 76 valence electrons. The number of rotatable bonds is 2. The van der Waals surface area contributed by atoms with E-state index in [0.29, 0.717) is 18.9 Å². The number of aromatic nitrogens is 1. The van der Waals surface area contributed by atoms with E-state index in [-0.39, 0.29) is 5.56 Å². The second-order valence-electron chi connectivity index (χ2n) is 2.89. The standard InChI is InChI=1S/C9H9F2NO2/c10-8(11)6-1-2-12-7(5-6)9-13-3-4-14-9/h1-2,5,8-9H,3-4H2. The van der Waals surface area contributed by atoms with Crippen LogP contribution in [0.3, 0.4) is 0 Å². The lowest BCUT2D eigenvalue weighted by molar-refractivity contribution is -0.0474. The van der Waals surface area contributed by atoms with Crippen LogP contribution < -0.4 is 0 Å². The van der Waals surface area contributed by atoms with E-state index in [1.807, 2.05) is 0 Å². The predicted octanol–water partition coefficient (Wildman–Crippen LogP) is 2.06. The zero-order chi connectivity index (χ0) is 9.97. The maximum absolute atomic E-state index is 12.3. The summed E-state index contributed by atoms with van der Waals surface area (Å²) in [4.78, 5) is 3.92. The van der Waals surface area contributed by atoms with Crippen LogP contribution in [0.1, 0.15) is 24.0 Å². The quantitative estimate of drug-likeness (QED) is 0.733. The summed E-state index contributed by atoms with van der Waals surface area (Å²) >= 11 is 0. The van der Waals surface area contributed by atoms with Crippen LogP contribution in [0.5, 0.6) is 0 Å². The van der Waals surface area contributed by atoms with Crippen molar-refractivity contribution < 1.29 is 18.3 Å². The molecule has 2 heterocycles. The van der Waals surface area contributed by atoms with Crippen molar-refractivity contribution in [1.82, 2.24) is 4.98 Å². The zero-order valence-electron chi connectivity index (χ0n) is 7.32. The first-order valence-electron chi connectivity index (χ1n) is 4.24. The summed E-state index contributed by atoms with van der Waals surface area (Å²) in [6, 6.07) is 2.59. The summed E-state index contributed by atoms with van der Waals surface area (Å²) in [6.45, 7) is 0.955. The molecule has 0 unspecified atom stereocenters. The third kappa shape index (κ3) is 1.88. The van der Waals surface area contributed by atoms with Crippen LogP contribution in [-0.2, 0) is 9.47 Å². The van der Waals surface area contributed by atoms with Crippen molar-refractivity contribution in [2.45, 2.75) is 12.7 Å². The molecular weight excluding hydrogens is 192 g/mol. The van der Waals surface area contributed by atoms with Gasteiger partial charge in [0.2, 0.25) is 6.29 Å². The van der Waals surface area contributed by atoms with Crippen molar-refractivity contribution in [1.29, 1.82) is 0 Å². The van der Waals surface area contributed by atoms with Crippen LogP contribution >= 0.6 is 0 Å². The second kappa shape index (κ2) is 3.98. The summed E-state index contributed by atoms with van der Waals surface area (Å²) in [6.07, 6.45) is -1.74. The summed E-state index contributed by atoms with van der Waals surface area (Å²) in [7, 11) is 0. The highest BCUT2D eigenvalue weighted by atomic mass is 19.3. The minimum atomic E-state index is -2.49. The van der Waals surface area contributed by atoms with Gasteiger partial charge >= 0.3 is 0 Å². The topological polar surface area (TPSA) is 31.4 Å². The fraction of sp³-hybridized carbons (Fsp3) is 0.444. The summed E-state index contributed by atoms with van der Waals surface area (Å²) in [5.41, 5.74) is 0.342. The van der Waals surface area contributed by atoms with E-state index in [0.717, 1.165) is 0 Å². The number of hydrogen-bond acceptors (Lipinski definition) is 3. The van der Waals surface area contributed by atoms with Gasteiger partial charge in [-0.05, 0) is 12.1 Å². The lowest BCUT2D eigenvalue weighted by Gasteiger charge is -2.09. The molecule has 3 nitrogen and oxygen atoms in total. The smallest absolute Gasteiger partial charge is 0.263 e. The highest BCUT2D eigenvalue weighted by molar-refractivity contribution is 5.18. The number of pyridine rings is 1. The molecule has 2 rings (SSSR count). The van der Waals surface area contributed by atoms with Crippen molar-refractivity contribution in [3.63, 3.8) is 0 Å². The molecule has 0 saturated carbocycles. The molecule has 0 amide bonds. The molecular formula is C9H9F2NO2. The van der Waals surface area contributed by atoms with Crippen LogP contribution in [0.2, 0.25) is 0 Å². The molecule has 1 aliphatic rings. The Labute approximate surface area is 79.7 Å². The third-order valence-corrected chi connectivity index (χ3v) is 1.92. The second-order valence-corrected chi connectivity index (χ2v) is 2.89. The summed E-state index contributed by atoms with van der Waals surface area (Å²) < 4.78 is 34.9. The number of hydrogen-bond donors (Lipinski definition) is 0. The van der Waals surface area contributed by atoms with E-state index in [4.69, 9.17) is 9.47 Å². The van der Waals surface area contributed by atoms with Crippen molar-refractivity contribution in [3.05, 3.63) is 29.6 Å². The Morgan fingerprint density at radius 1 is 1.36 bits per heavy atom. The fourth-order valence-corrected chi connectivity index (χ4v) is 1.26. The molecule has 0 bridgehead atoms. The summed E-state index contributed by atoms with van der Waals surface area (Å²) in [5, 5.41) is 0. The van der Waals surface area contributed by atoms with Crippen molar-refractivity contribution in [3.8, 4) is 0 Å². The normalized spacial score (nSPS) is 17.9. The minimum absolute atomic E-state index is 0.0610. The molecule has 5 heteroatoms. The Balaban J connectivity index is 2.21. The molecule has 1 aromatic heterocycles. The minimum Gasteiger partial charge on any atom is -0.345 e. The highest BCUT2D eigenvalue weighted by Crippen LogP contribution is 2.25. The van der Waals surface area contributed by atoms with Gasteiger partial charge in [0.15, 0.2) is 0 Å². The number of ether oxygens (including phenoxy) is 2. The van der Waals surface area contributed by atoms with Crippen molar-refractivity contribution >= 4 is 0 Å². The fourth-order valence-electron chi connectivity index (χ4n) is 1.26. The lowest BCUT2D eigenvalue weighted by atomic mass is 10.2. The van der Waals surface area contributed by atoms with Gasteiger partial charge in [0.1, 0.15) is 0 Å². The maximum Gasteiger partial charge on any atom is 0.263 e. The first-order chi connectivity index (χ1) is 6.77. The van der Waals surface area contributed by atoms with Crippen molar-refractivity contribution in [2.75, 3.05) is 13.2 Å². The van der Waals surface area contributed by atoms with E-state index in [2.05, 4.69) is 4.98 Å². The molecule has 0 radical (unpaired) electrons. The van der Waals surface area contributed by atoms with Gasteiger partial charge in [-0.25, -0.2) is 8.78 Å². The van der Waals surface area contributed by atoms with E-state index in [1.54, 1.807) is 0 Å². The first kappa shape index (κ1) is 9.48. The molecule has 1 fully saturated rings. The van der Waals surface area contributed by atoms with Crippen molar-refractivity contribution in [2.24, 2.45) is 0 Å². The SMILES string of the molecule is FC(F)c1ccnc(C2OCCO2)c1. The molecule has 0 N–H and O–H groups in total. The molecule has 0 atom stereocenters. The van der Waals surface area contributed by atoms with E-state index in [9.17, 15) is 8.78 Å². The Hall–Kier alpha value is -1.07. The number of halogens is 2. The molecule has 1 aliphatic heterocycles. The van der Waals surface area contributed by atoms with E-state index in [1.165, 1.54) is 18.3 Å². The van der Waals surface area contributed by atoms with Gasteiger partial charge in [-0.3, -0.25) is 4.98 Å². The molecule has 0 aliphatic carbocycles. The molecule has 1 saturated heterocycles. The Morgan fingerprint density at radius 3 is 2.71 bits per heavy atom. The first-order valence-corrected chi connectivity index (χ1v) is 4.24. The lowest BCUT2D eigenvalue weighted by Crippen LogP contribution is -2.02. The van der Waals surface area contributed by atoms with E-state index < -0.39 is 12.7 Å². The van der Waals surface area contributed by atoms with Gasteiger partial charge in [-0.1, -0.05) is 0 Å². The Morgan fingerprint density at radius 2 is 2.07 bits per heavy atom. The maximum atomic E-state index is 12.3. The zero-order valence-corrected chi connectivity index (χ0v) is 7.32. The largest absolute Gasteiger partial charge is 0.345 e. The van der Waals surface area contributed by atoms with Crippen LogP contribution in [-0.4, -0.2) is 18.2 Å². The van der Waals surface area contributed by atoms with Gasteiger partial charge in [0, 0.05) is 11.8 Å². The van der Waals surface area contributed by atoms with Gasteiger partial charge in [0.05, 0.1) is 18.9 Å². The number of alkyl halides is 2. The highest BCUT2D eigenvalue weighted by Gasteiger charge is 2.20. The molecule has 0 aromatic carbocycles. The van der Waals surface area contributed by atoms with Crippen LogP contribution in [0, 0.1) is 0 Å². The molecule has 0 spiro atoms. The monoisotopic (exact) mass is 201 g/mol. The third-order valence-electron chi connectivity index (χ3n) is 1.92.